The van der Waals surface area contributed by atoms with Crippen LogP contribution in [0.25, 0.3) is 0 Å². The molecular formula is C12H10N2O5. The summed E-state index contributed by atoms with van der Waals surface area (Å²) >= 11 is 0. The van der Waals surface area contributed by atoms with E-state index < -0.39 is 29.5 Å². The summed E-state index contributed by atoms with van der Waals surface area (Å²) in [4.78, 5) is 46.0. The van der Waals surface area contributed by atoms with Crippen LogP contribution in [-0.4, -0.2) is 30.7 Å². The number of ether oxygens (including phenoxy) is 1. The Morgan fingerprint density at radius 2 is 1.58 bits per heavy atom. The van der Waals surface area contributed by atoms with Crippen molar-refractivity contribution in [2.45, 2.75) is 0 Å². The number of carbonyl (C=O) groups is 4. The Hall–Kier alpha value is -2.70. The zero-order chi connectivity index (χ0) is 14.0. The Balaban J connectivity index is 2.25. The van der Waals surface area contributed by atoms with Crippen molar-refractivity contribution in [2.24, 2.45) is 5.92 Å². The van der Waals surface area contributed by atoms with E-state index in [1.807, 2.05) is 10.6 Å². The fraction of sp³-hybridized carbons (Fsp3) is 0.167. The van der Waals surface area contributed by atoms with E-state index in [4.69, 9.17) is 4.74 Å². The number of urea groups is 1. The number of imide groups is 2. The van der Waals surface area contributed by atoms with Crippen LogP contribution in [0.15, 0.2) is 24.3 Å². The molecule has 1 fully saturated rings. The van der Waals surface area contributed by atoms with Crippen LogP contribution in [0.4, 0.5) is 4.79 Å². The van der Waals surface area contributed by atoms with Crippen LogP contribution < -0.4 is 15.4 Å². The molecule has 7 nitrogen and oxygen atoms in total. The highest BCUT2D eigenvalue weighted by atomic mass is 16.5. The number of Topliss-reactive ketones (excluding diaryl/α,β-unsaturated/α-hetero) is 1. The number of nitrogens with one attached hydrogen (secondary N) is 2. The summed E-state index contributed by atoms with van der Waals surface area (Å²) in [5.41, 5.74) is 0.186. The highest BCUT2D eigenvalue weighted by Crippen LogP contribution is 2.16. The Labute approximate surface area is 107 Å². The van der Waals surface area contributed by atoms with E-state index >= 15 is 0 Å². The number of barbiturate groups is 1. The first kappa shape index (κ1) is 12.7. The van der Waals surface area contributed by atoms with Crippen molar-refractivity contribution >= 4 is 23.6 Å². The third-order valence-corrected chi connectivity index (χ3v) is 2.63. The number of hydrogen-bond donors (Lipinski definition) is 2. The lowest BCUT2D eigenvalue weighted by atomic mass is 9.95. The smallest absolute Gasteiger partial charge is 0.328 e. The molecule has 0 aliphatic carbocycles. The standard InChI is InChI=1S/C12H10N2O5/c1-19-7-4-2-6(3-5-7)9(15)8-10(16)13-12(18)14-11(8)17/h2-5,8H,1H3,(H2,13,14,16,17,18). The van der Waals surface area contributed by atoms with Crippen molar-refractivity contribution in [1.29, 1.82) is 0 Å². The summed E-state index contributed by atoms with van der Waals surface area (Å²) in [5, 5.41) is 3.76. The SMILES string of the molecule is COc1ccc(C(=O)C2C(=O)NC(=O)NC2=O)cc1. The molecule has 2 N–H and O–H groups in total. The molecule has 1 aromatic rings. The molecule has 0 saturated carbocycles. The molecule has 0 unspecified atom stereocenters. The van der Waals surface area contributed by atoms with Gasteiger partial charge >= 0.3 is 6.03 Å². The number of methoxy groups -OCH3 is 1. The van der Waals surface area contributed by atoms with E-state index in [1.165, 1.54) is 31.4 Å². The van der Waals surface area contributed by atoms with Crippen LogP contribution in [0, 0.1) is 5.92 Å². The zero-order valence-corrected chi connectivity index (χ0v) is 9.93. The van der Waals surface area contributed by atoms with E-state index in [1.54, 1.807) is 0 Å². The molecule has 19 heavy (non-hydrogen) atoms. The maximum atomic E-state index is 12.1. The lowest BCUT2D eigenvalue weighted by Gasteiger charge is -2.19. The molecule has 7 heteroatoms. The summed E-state index contributed by atoms with van der Waals surface area (Å²) < 4.78 is 4.94. The molecule has 1 aliphatic rings. The average Bonchev–Trinajstić information content (AvgIpc) is 2.37. The topological polar surface area (TPSA) is 102 Å². The number of benzene rings is 1. The summed E-state index contributed by atoms with van der Waals surface area (Å²) in [5.74, 6) is -3.52. The Kier molecular flexibility index (Phi) is 3.28. The van der Waals surface area contributed by atoms with Gasteiger partial charge in [-0.05, 0) is 24.3 Å². The van der Waals surface area contributed by atoms with E-state index in [2.05, 4.69) is 0 Å². The second kappa shape index (κ2) is 4.89. The molecule has 1 saturated heterocycles. The average molecular weight is 262 g/mol. The van der Waals surface area contributed by atoms with Crippen LogP contribution in [0.2, 0.25) is 0 Å². The van der Waals surface area contributed by atoms with Gasteiger partial charge in [0, 0.05) is 5.56 Å². The van der Waals surface area contributed by atoms with E-state index in [0.29, 0.717) is 5.75 Å². The third-order valence-electron chi connectivity index (χ3n) is 2.63. The second-order valence-electron chi connectivity index (χ2n) is 3.83. The summed E-state index contributed by atoms with van der Waals surface area (Å²) in [6, 6.07) is 5.04. The number of rotatable bonds is 3. The molecule has 0 aromatic heterocycles. The summed E-state index contributed by atoms with van der Waals surface area (Å²) in [6.07, 6.45) is 0. The van der Waals surface area contributed by atoms with Gasteiger partial charge in [-0.3, -0.25) is 25.0 Å². The minimum absolute atomic E-state index is 0.186. The summed E-state index contributed by atoms with van der Waals surface area (Å²) in [7, 11) is 1.48. The van der Waals surface area contributed by atoms with Gasteiger partial charge in [0.05, 0.1) is 7.11 Å². The molecule has 1 aromatic carbocycles. The van der Waals surface area contributed by atoms with Gasteiger partial charge < -0.3 is 4.74 Å². The largest absolute Gasteiger partial charge is 0.497 e. The normalized spacial score (nSPS) is 15.7. The maximum absolute atomic E-state index is 12.1. The van der Waals surface area contributed by atoms with Gasteiger partial charge in [0.25, 0.3) is 0 Å². The van der Waals surface area contributed by atoms with Gasteiger partial charge in [-0.15, -0.1) is 0 Å². The van der Waals surface area contributed by atoms with Crippen LogP contribution in [-0.2, 0) is 9.59 Å². The van der Waals surface area contributed by atoms with Crippen molar-refractivity contribution in [2.75, 3.05) is 7.11 Å². The fourth-order valence-corrected chi connectivity index (χ4v) is 1.68. The van der Waals surface area contributed by atoms with Crippen LogP contribution in [0.3, 0.4) is 0 Å². The van der Waals surface area contributed by atoms with Gasteiger partial charge in [0.2, 0.25) is 11.8 Å². The molecular weight excluding hydrogens is 252 g/mol. The maximum Gasteiger partial charge on any atom is 0.328 e. The van der Waals surface area contributed by atoms with E-state index in [9.17, 15) is 19.2 Å². The van der Waals surface area contributed by atoms with Crippen LogP contribution >= 0.6 is 0 Å². The minimum atomic E-state index is -1.55. The van der Waals surface area contributed by atoms with Crippen molar-refractivity contribution < 1.29 is 23.9 Å². The Morgan fingerprint density at radius 3 is 2.05 bits per heavy atom. The first-order valence-corrected chi connectivity index (χ1v) is 5.37. The number of hydrogen-bond acceptors (Lipinski definition) is 5. The van der Waals surface area contributed by atoms with Crippen molar-refractivity contribution in [1.82, 2.24) is 10.6 Å². The van der Waals surface area contributed by atoms with Gasteiger partial charge in [-0.2, -0.15) is 0 Å². The van der Waals surface area contributed by atoms with Crippen molar-refractivity contribution in [3.8, 4) is 5.75 Å². The number of ketones is 1. The highest BCUT2D eigenvalue weighted by Gasteiger charge is 2.40. The predicted molar refractivity (Wildman–Crippen MR) is 62.5 cm³/mol. The molecule has 2 rings (SSSR count). The van der Waals surface area contributed by atoms with E-state index in [0.717, 1.165) is 0 Å². The predicted octanol–water partition coefficient (Wildman–Crippen LogP) is -0.140. The second-order valence-corrected chi connectivity index (χ2v) is 3.83. The zero-order valence-electron chi connectivity index (χ0n) is 9.93. The molecule has 98 valence electrons. The van der Waals surface area contributed by atoms with Crippen LogP contribution in [0.5, 0.6) is 5.75 Å². The Bertz CT molecular complexity index is 544. The summed E-state index contributed by atoms with van der Waals surface area (Å²) in [6.45, 7) is 0. The van der Waals surface area contributed by atoms with Gasteiger partial charge in [0.15, 0.2) is 11.7 Å². The molecule has 0 spiro atoms. The number of carbonyl (C=O) groups excluding carboxylic acids is 4. The monoisotopic (exact) mass is 262 g/mol. The van der Waals surface area contributed by atoms with Gasteiger partial charge in [-0.25, -0.2) is 4.79 Å². The minimum Gasteiger partial charge on any atom is -0.497 e. The van der Waals surface area contributed by atoms with Gasteiger partial charge in [0.1, 0.15) is 5.75 Å². The highest BCUT2D eigenvalue weighted by molar-refractivity contribution is 6.29. The number of amides is 4. The molecule has 0 atom stereocenters. The lowest BCUT2D eigenvalue weighted by molar-refractivity contribution is -0.133. The van der Waals surface area contributed by atoms with Crippen LogP contribution in [0.1, 0.15) is 10.4 Å². The molecule has 1 heterocycles. The quantitative estimate of drug-likeness (QED) is 0.583. The molecule has 4 amide bonds. The third kappa shape index (κ3) is 2.44. The van der Waals surface area contributed by atoms with Crippen molar-refractivity contribution in [3.05, 3.63) is 29.8 Å². The molecule has 0 bridgehead atoms. The van der Waals surface area contributed by atoms with Crippen molar-refractivity contribution in [3.63, 3.8) is 0 Å². The molecule has 0 radical (unpaired) electrons. The fourth-order valence-electron chi connectivity index (χ4n) is 1.68. The first-order chi connectivity index (χ1) is 9.02. The molecule has 1 aliphatic heterocycles. The lowest BCUT2D eigenvalue weighted by Crippen LogP contribution is -2.57. The first-order valence-electron chi connectivity index (χ1n) is 5.37. The van der Waals surface area contributed by atoms with Gasteiger partial charge in [-0.1, -0.05) is 0 Å². The van der Waals surface area contributed by atoms with E-state index in [-0.39, 0.29) is 5.56 Å². The Morgan fingerprint density at radius 1 is 1.05 bits per heavy atom.